The minimum atomic E-state index is 0.0745. The van der Waals surface area contributed by atoms with Crippen molar-refractivity contribution in [1.29, 1.82) is 0 Å². The van der Waals surface area contributed by atoms with Crippen LogP contribution in [-0.4, -0.2) is 10.8 Å². The molecule has 0 bridgehead atoms. The fourth-order valence-electron chi connectivity index (χ4n) is 2.37. The summed E-state index contributed by atoms with van der Waals surface area (Å²) in [6.07, 6.45) is 0.492. The Kier molecular flexibility index (Phi) is 4.44. The first-order chi connectivity index (χ1) is 11.0. The molecule has 3 rings (SSSR count). The molecule has 23 heavy (non-hydrogen) atoms. The van der Waals surface area contributed by atoms with E-state index in [1.54, 1.807) is 11.3 Å². The third-order valence-electron chi connectivity index (χ3n) is 3.86. The fourth-order valence-corrected chi connectivity index (χ4v) is 3.31. The summed E-state index contributed by atoms with van der Waals surface area (Å²) in [7, 11) is 0. The highest BCUT2D eigenvalue weighted by Crippen LogP contribution is 2.30. The summed E-state index contributed by atoms with van der Waals surface area (Å²) in [5.74, 6) is 0.345. The number of carbonyl (C=O) groups is 1. The van der Waals surface area contributed by atoms with Gasteiger partial charge >= 0.3 is 0 Å². The maximum Gasteiger partial charge on any atom is 0.188 e. The average molecular weight is 324 g/mol. The highest BCUT2D eigenvalue weighted by atomic mass is 32.1. The number of fused-ring (bicyclic) bond motifs is 1. The molecule has 0 saturated carbocycles. The van der Waals surface area contributed by atoms with Gasteiger partial charge in [0, 0.05) is 18.0 Å². The summed E-state index contributed by atoms with van der Waals surface area (Å²) in [6, 6.07) is 14.2. The number of benzene rings is 2. The summed E-state index contributed by atoms with van der Waals surface area (Å²) < 4.78 is 1.11. The SMILES string of the molecule is Cc1ccccc1Nc1nc2ccc(CC(=O)C(C)C)cc2s1. The lowest BCUT2D eigenvalue weighted by molar-refractivity contribution is -0.121. The number of ketones is 1. The Hall–Kier alpha value is -2.20. The van der Waals surface area contributed by atoms with Crippen molar-refractivity contribution in [2.24, 2.45) is 5.92 Å². The monoisotopic (exact) mass is 324 g/mol. The van der Waals surface area contributed by atoms with E-state index in [4.69, 9.17) is 0 Å². The molecular formula is C19H20N2OS. The van der Waals surface area contributed by atoms with Gasteiger partial charge in [-0.2, -0.15) is 0 Å². The zero-order chi connectivity index (χ0) is 16.4. The second-order valence-electron chi connectivity index (χ2n) is 6.06. The van der Waals surface area contributed by atoms with Crippen molar-refractivity contribution >= 4 is 38.2 Å². The van der Waals surface area contributed by atoms with E-state index in [-0.39, 0.29) is 11.7 Å². The molecule has 0 aliphatic heterocycles. The number of anilines is 2. The van der Waals surface area contributed by atoms with E-state index in [1.807, 2.05) is 44.2 Å². The Morgan fingerprint density at radius 3 is 2.74 bits per heavy atom. The molecule has 0 amide bonds. The quantitative estimate of drug-likeness (QED) is 0.708. The van der Waals surface area contributed by atoms with Gasteiger partial charge in [0.15, 0.2) is 5.13 Å². The molecule has 1 N–H and O–H groups in total. The van der Waals surface area contributed by atoms with E-state index in [0.717, 1.165) is 26.6 Å². The predicted octanol–water partition coefficient (Wildman–Crippen LogP) is 5.12. The fraction of sp³-hybridized carbons (Fsp3) is 0.263. The highest BCUT2D eigenvalue weighted by Gasteiger charge is 2.10. The van der Waals surface area contributed by atoms with E-state index in [2.05, 4.69) is 29.4 Å². The zero-order valence-corrected chi connectivity index (χ0v) is 14.4. The van der Waals surface area contributed by atoms with E-state index in [0.29, 0.717) is 6.42 Å². The summed E-state index contributed by atoms with van der Waals surface area (Å²) in [5.41, 5.74) is 4.28. The number of nitrogens with one attached hydrogen (secondary N) is 1. The van der Waals surface area contributed by atoms with E-state index in [1.165, 1.54) is 5.56 Å². The Balaban J connectivity index is 1.85. The zero-order valence-electron chi connectivity index (χ0n) is 13.6. The lowest BCUT2D eigenvalue weighted by Gasteiger charge is -2.05. The standard InChI is InChI=1S/C19H20N2OS/c1-12(2)17(22)10-14-8-9-16-18(11-14)23-19(21-16)20-15-7-5-4-6-13(15)3/h4-9,11-12H,10H2,1-3H3,(H,20,21). The number of thiazole rings is 1. The molecule has 2 aromatic carbocycles. The Morgan fingerprint density at radius 1 is 1.22 bits per heavy atom. The number of carbonyl (C=O) groups excluding carboxylic acids is 1. The number of para-hydroxylation sites is 1. The van der Waals surface area contributed by atoms with Gasteiger partial charge < -0.3 is 5.32 Å². The minimum absolute atomic E-state index is 0.0745. The lowest BCUT2D eigenvalue weighted by atomic mass is 10.0. The number of rotatable bonds is 5. The Morgan fingerprint density at radius 2 is 2.00 bits per heavy atom. The Bertz CT molecular complexity index is 851. The van der Waals surface area contributed by atoms with E-state index >= 15 is 0 Å². The minimum Gasteiger partial charge on any atom is -0.331 e. The first kappa shape index (κ1) is 15.7. The first-order valence-electron chi connectivity index (χ1n) is 7.78. The van der Waals surface area contributed by atoms with Crippen LogP contribution in [0.2, 0.25) is 0 Å². The number of nitrogens with zero attached hydrogens (tertiary/aromatic N) is 1. The molecule has 0 fully saturated rings. The normalized spacial score (nSPS) is 11.1. The van der Waals surface area contributed by atoms with Crippen molar-refractivity contribution in [2.75, 3.05) is 5.32 Å². The average Bonchev–Trinajstić information content (AvgIpc) is 2.91. The van der Waals surface area contributed by atoms with Crippen molar-refractivity contribution in [2.45, 2.75) is 27.2 Å². The van der Waals surface area contributed by atoms with E-state index in [9.17, 15) is 4.79 Å². The third kappa shape index (κ3) is 3.59. The smallest absolute Gasteiger partial charge is 0.188 e. The van der Waals surface area contributed by atoms with Gasteiger partial charge in [-0.25, -0.2) is 4.98 Å². The second-order valence-corrected chi connectivity index (χ2v) is 7.09. The van der Waals surface area contributed by atoms with Gasteiger partial charge in [0.1, 0.15) is 5.78 Å². The predicted molar refractivity (Wildman–Crippen MR) is 97.6 cm³/mol. The van der Waals surface area contributed by atoms with Crippen molar-refractivity contribution in [3.8, 4) is 0 Å². The molecule has 1 aromatic heterocycles. The van der Waals surface area contributed by atoms with Gasteiger partial charge in [-0.05, 0) is 36.2 Å². The molecular weight excluding hydrogens is 304 g/mol. The lowest BCUT2D eigenvalue weighted by Crippen LogP contribution is -2.09. The molecule has 3 aromatic rings. The van der Waals surface area contributed by atoms with Crippen LogP contribution >= 0.6 is 11.3 Å². The van der Waals surface area contributed by atoms with Crippen molar-refractivity contribution in [3.05, 3.63) is 53.6 Å². The van der Waals surface area contributed by atoms with Crippen LogP contribution in [0.1, 0.15) is 25.0 Å². The molecule has 0 aliphatic rings. The molecule has 1 heterocycles. The van der Waals surface area contributed by atoms with Crippen LogP contribution in [0.25, 0.3) is 10.2 Å². The van der Waals surface area contributed by atoms with Gasteiger partial charge in [-0.1, -0.05) is 49.4 Å². The topological polar surface area (TPSA) is 42.0 Å². The molecule has 4 heteroatoms. The third-order valence-corrected chi connectivity index (χ3v) is 4.80. The number of hydrogen-bond acceptors (Lipinski definition) is 4. The van der Waals surface area contributed by atoms with Crippen LogP contribution in [0.4, 0.5) is 10.8 Å². The Labute approximate surface area is 140 Å². The molecule has 0 atom stereocenters. The number of hydrogen-bond donors (Lipinski definition) is 1. The van der Waals surface area contributed by atoms with Gasteiger partial charge in [-0.15, -0.1) is 0 Å². The van der Waals surface area contributed by atoms with Gasteiger partial charge in [0.25, 0.3) is 0 Å². The van der Waals surface area contributed by atoms with Gasteiger partial charge in [0.2, 0.25) is 0 Å². The van der Waals surface area contributed by atoms with Crippen LogP contribution in [0.15, 0.2) is 42.5 Å². The van der Waals surface area contributed by atoms with Crippen LogP contribution in [0, 0.1) is 12.8 Å². The first-order valence-corrected chi connectivity index (χ1v) is 8.59. The number of Topliss-reactive ketones (excluding diaryl/α,β-unsaturated/α-hetero) is 1. The number of aromatic nitrogens is 1. The summed E-state index contributed by atoms with van der Waals surface area (Å²) in [4.78, 5) is 16.5. The number of aryl methyl sites for hydroxylation is 1. The van der Waals surface area contributed by atoms with Crippen molar-refractivity contribution in [1.82, 2.24) is 4.98 Å². The summed E-state index contributed by atoms with van der Waals surface area (Å²) in [5, 5.41) is 4.26. The van der Waals surface area contributed by atoms with Crippen LogP contribution in [-0.2, 0) is 11.2 Å². The molecule has 0 radical (unpaired) electrons. The second kappa shape index (κ2) is 6.50. The maximum atomic E-state index is 11.9. The summed E-state index contributed by atoms with van der Waals surface area (Å²) >= 11 is 1.62. The van der Waals surface area contributed by atoms with Gasteiger partial charge in [0.05, 0.1) is 10.2 Å². The summed E-state index contributed by atoms with van der Waals surface area (Å²) in [6.45, 7) is 5.96. The molecule has 0 spiro atoms. The highest BCUT2D eigenvalue weighted by molar-refractivity contribution is 7.22. The molecule has 0 unspecified atom stereocenters. The van der Waals surface area contributed by atoms with Gasteiger partial charge in [-0.3, -0.25) is 4.79 Å². The molecule has 0 saturated heterocycles. The van der Waals surface area contributed by atoms with Crippen LogP contribution in [0.5, 0.6) is 0 Å². The van der Waals surface area contributed by atoms with Crippen molar-refractivity contribution in [3.63, 3.8) is 0 Å². The maximum absolute atomic E-state index is 11.9. The largest absolute Gasteiger partial charge is 0.331 e. The molecule has 3 nitrogen and oxygen atoms in total. The van der Waals surface area contributed by atoms with Crippen LogP contribution in [0.3, 0.4) is 0 Å². The molecule has 0 aliphatic carbocycles. The van der Waals surface area contributed by atoms with Crippen molar-refractivity contribution < 1.29 is 4.79 Å². The van der Waals surface area contributed by atoms with Crippen LogP contribution < -0.4 is 5.32 Å². The van der Waals surface area contributed by atoms with E-state index < -0.39 is 0 Å². The molecule has 118 valence electrons.